The van der Waals surface area contributed by atoms with Crippen molar-refractivity contribution >= 4 is 23.2 Å². The number of aryl methyl sites for hydroxylation is 2. The van der Waals surface area contributed by atoms with Crippen LogP contribution in [-0.2, 0) is 16.0 Å². The molecule has 29 heavy (non-hydrogen) atoms. The smallest absolute Gasteiger partial charge is 0.313 e. The molecule has 5 heteroatoms. The SMILES string of the molecule is CCCCc1ccc(NC(=O)C(=O)N2CCN(c3cccc(C)c3C)CC2)cc1. The van der Waals surface area contributed by atoms with Gasteiger partial charge >= 0.3 is 11.8 Å². The molecule has 0 unspecified atom stereocenters. The summed E-state index contributed by atoms with van der Waals surface area (Å²) < 4.78 is 0. The first-order valence-electron chi connectivity index (χ1n) is 10.5. The molecule has 1 N–H and O–H groups in total. The fraction of sp³-hybridized carbons (Fsp3) is 0.417. The Kier molecular flexibility index (Phi) is 6.91. The van der Waals surface area contributed by atoms with E-state index in [0.29, 0.717) is 18.8 Å². The summed E-state index contributed by atoms with van der Waals surface area (Å²) >= 11 is 0. The molecule has 0 atom stereocenters. The van der Waals surface area contributed by atoms with Crippen LogP contribution >= 0.6 is 0 Å². The minimum atomic E-state index is -0.563. The number of unbranched alkanes of at least 4 members (excludes halogenated alkanes) is 1. The lowest BCUT2D eigenvalue weighted by Gasteiger charge is -2.36. The molecule has 3 rings (SSSR count). The molecule has 0 aliphatic carbocycles. The summed E-state index contributed by atoms with van der Waals surface area (Å²) in [6.07, 6.45) is 3.34. The van der Waals surface area contributed by atoms with Crippen LogP contribution < -0.4 is 10.2 Å². The van der Waals surface area contributed by atoms with Gasteiger partial charge in [-0.25, -0.2) is 0 Å². The van der Waals surface area contributed by atoms with Gasteiger partial charge < -0.3 is 15.1 Å². The first-order valence-corrected chi connectivity index (χ1v) is 10.5. The topological polar surface area (TPSA) is 52.7 Å². The zero-order chi connectivity index (χ0) is 20.8. The summed E-state index contributed by atoms with van der Waals surface area (Å²) in [7, 11) is 0. The Morgan fingerprint density at radius 3 is 2.31 bits per heavy atom. The van der Waals surface area contributed by atoms with E-state index in [9.17, 15) is 9.59 Å². The third-order valence-corrected chi connectivity index (χ3v) is 5.71. The predicted molar refractivity (Wildman–Crippen MR) is 118 cm³/mol. The number of anilines is 2. The quantitative estimate of drug-likeness (QED) is 0.783. The molecule has 1 aliphatic rings. The van der Waals surface area contributed by atoms with E-state index in [-0.39, 0.29) is 0 Å². The summed E-state index contributed by atoms with van der Waals surface area (Å²) in [4.78, 5) is 28.9. The normalized spacial score (nSPS) is 14.0. The molecule has 1 saturated heterocycles. The molecule has 1 heterocycles. The van der Waals surface area contributed by atoms with Gasteiger partial charge in [0.25, 0.3) is 0 Å². The molecular formula is C24H31N3O2. The average molecular weight is 394 g/mol. The van der Waals surface area contributed by atoms with Crippen molar-refractivity contribution in [3.05, 3.63) is 59.2 Å². The molecule has 2 amide bonds. The van der Waals surface area contributed by atoms with E-state index in [1.807, 2.05) is 24.3 Å². The number of benzene rings is 2. The minimum Gasteiger partial charge on any atom is -0.368 e. The van der Waals surface area contributed by atoms with Gasteiger partial charge in [-0.1, -0.05) is 37.6 Å². The highest BCUT2D eigenvalue weighted by atomic mass is 16.2. The monoisotopic (exact) mass is 393 g/mol. The van der Waals surface area contributed by atoms with E-state index in [0.717, 1.165) is 32.4 Å². The molecule has 2 aromatic rings. The summed E-state index contributed by atoms with van der Waals surface area (Å²) in [5.74, 6) is -1.02. The van der Waals surface area contributed by atoms with Crippen LogP contribution in [0.5, 0.6) is 0 Å². The predicted octanol–water partition coefficient (Wildman–Crippen LogP) is 3.93. The van der Waals surface area contributed by atoms with Gasteiger partial charge in [0.2, 0.25) is 0 Å². The fourth-order valence-corrected chi connectivity index (χ4v) is 3.69. The maximum absolute atomic E-state index is 12.6. The van der Waals surface area contributed by atoms with Gasteiger partial charge in [-0.15, -0.1) is 0 Å². The molecule has 0 radical (unpaired) electrons. The standard InChI is InChI=1S/C24H31N3O2/c1-4-5-8-20-10-12-21(13-11-20)25-23(28)24(29)27-16-14-26(15-17-27)22-9-6-7-18(2)19(22)3/h6-7,9-13H,4-5,8,14-17H2,1-3H3,(H,25,28). The second-order valence-corrected chi connectivity index (χ2v) is 7.75. The lowest BCUT2D eigenvalue weighted by molar-refractivity contribution is -0.143. The second-order valence-electron chi connectivity index (χ2n) is 7.75. The Hall–Kier alpha value is -2.82. The Balaban J connectivity index is 1.53. The van der Waals surface area contributed by atoms with Crippen molar-refractivity contribution in [3.8, 4) is 0 Å². The first kappa shape index (κ1) is 20.9. The van der Waals surface area contributed by atoms with Crippen LogP contribution in [-0.4, -0.2) is 42.9 Å². The number of amides is 2. The molecule has 1 aliphatic heterocycles. The van der Waals surface area contributed by atoms with Crippen molar-refractivity contribution in [3.63, 3.8) is 0 Å². The second kappa shape index (κ2) is 9.59. The molecule has 0 bridgehead atoms. The lowest BCUT2D eigenvalue weighted by Crippen LogP contribution is -2.51. The number of hydrogen-bond acceptors (Lipinski definition) is 3. The number of nitrogens with zero attached hydrogens (tertiary/aromatic N) is 2. The molecule has 0 aromatic heterocycles. The largest absolute Gasteiger partial charge is 0.368 e. The molecular weight excluding hydrogens is 362 g/mol. The van der Waals surface area contributed by atoms with Gasteiger partial charge in [0.1, 0.15) is 0 Å². The molecule has 5 nitrogen and oxygen atoms in total. The Labute approximate surface area is 173 Å². The van der Waals surface area contributed by atoms with Gasteiger partial charge in [-0.05, 0) is 61.6 Å². The maximum atomic E-state index is 12.6. The van der Waals surface area contributed by atoms with Crippen molar-refractivity contribution in [1.82, 2.24) is 4.90 Å². The van der Waals surface area contributed by atoms with Gasteiger partial charge in [0.05, 0.1) is 0 Å². The summed E-state index contributed by atoms with van der Waals surface area (Å²) in [6.45, 7) is 8.97. The van der Waals surface area contributed by atoms with Crippen molar-refractivity contribution < 1.29 is 9.59 Å². The highest BCUT2D eigenvalue weighted by Crippen LogP contribution is 2.24. The highest BCUT2D eigenvalue weighted by Gasteiger charge is 2.26. The average Bonchev–Trinajstić information content (AvgIpc) is 2.75. The van der Waals surface area contributed by atoms with Gasteiger partial charge in [0, 0.05) is 37.6 Å². The Morgan fingerprint density at radius 1 is 0.966 bits per heavy atom. The number of carbonyl (C=O) groups excluding carboxylic acids is 2. The van der Waals surface area contributed by atoms with Crippen molar-refractivity contribution in [2.24, 2.45) is 0 Å². The van der Waals surface area contributed by atoms with E-state index in [4.69, 9.17) is 0 Å². The molecule has 0 spiro atoms. The number of piperazine rings is 1. The lowest BCUT2D eigenvalue weighted by atomic mass is 10.1. The fourth-order valence-electron chi connectivity index (χ4n) is 3.69. The van der Waals surface area contributed by atoms with Gasteiger partial charge in [-0.3, -0.25) is 9.59 Å². The first-order chi connectivity index (χ1) is 14.0. The van der Waals surface area contributed by atoms with Crippen LogP contribution in [0.15, 0.2) is 42.5 Å². The van der Waals surface area contributed by atoms with Crippen molar-refractivity contribution in [1.29, 1.82) is 0 Å². The molecule has 2 aromatic carbocycles. The van der Waals surface area contributed by atoms with E-state index in [1.165, 1.54) is 22.4 Å². The third kappa shape index (κ3) is 5.17. The van der Waals surface area contributed by atoms with Crippen molar-refractivity contribution in [2.45, 2.75) is 40.0 Å². The van der Waals surface area contributed by atoms with E-state index in [2.05, 4.69) is 49.2 Å². The number of carbonyl (C=O) groups is 2. The zero-order valence-electron chi connectivity index (χ0n) is 17.7. The molecule has 0 saturated carbocycles. The summed E-state index contributed by atoms with van der Waals surface area (Å²) in [6, 6.07) is 14.1. The highest BCUT2D eigenvalue weighted by molar-refractivity contribution is 6.39. The number of rotatable bonds is 5. The maximum Gasteiger partial charge on any atom is 0.313 e. The number of hydrogen-bond donors (Lipinski definition) is 1. The zero-order valence-corrected chi connectivity index (χ0v) is 17.7. The van der Waals surface area contributed by atoms with Gasteiger partial charge in [-0.2, -0.15) is 0 Å². The van der Waals surface area contributed by atoms with Crippen LogP contribution in [0.4, 0.5) is 11.4 Å². The van der Waals surface area contributed by atoms with Gasteiger partial charge in [0.15, 0.2) is 0 Å². The Morgan fingerprint density at radius 2 is 1.66 bits per heavy atom. The minimum absolute atomic E-state index is 0.458. The molecule has 154 valence electrons. The molecule has 1 fully saturated rings. The summed E-state index contributed by atoms with van der Waals surface area (Å²) in [5, 5.41) is 2.74. The van der Waals surface area contributed by atoms with Crippen LogP contribution in [0.25, 0.3) is 0 Å². The number of nitrogens with one attached hydrogen (secondary N) is 1. The van der Waals surface area contributed by atoms with Crippen LogP contribution in [0.2, 0.25) is 0 Å². The van der Waals surface area contributed by atoms with Crippen LogP contribution in [0.1, 0.15) is 36.5 Å². The Bertz CT molecular complexity index is 853. The van der Waals surface area contributed by atoms with Crippen LogP contribution in [0, 0.1) is 13.8 Å². The third-order valence-electron chi connectivity index (χ3n) is 5.71. The van der Waals surface area contributed by atoms with Crippen LogP contribution in [0.3, 0.4) is 0 Å². The van der Waals surface area contributed by atoms with E-state index < -0.39 is 11.8 Å². The van der Waals surface area contributed by atoms with E-state index in [1.54, 1.807) is 4.90 Å². The summed E-state index contributed by atoms with van der Waals surface area (Å²) in [5.41, 5.74) is 5.66. The van der Waals surface area contributed by atoms with Crippen molar-refractivity contribution in [2.75, 3.05) is 36.4 Å². The van der Waals surface area contributed by atoms with E-state index >= 15 is 0 Å².